The Morgan fingerprint density at radius 2 is 1.54 bits per heavy atom. The summed E-state index contributed by atoms with van der Waals surface area (Å²) in [5.74, 6) is -3.67. The molecule has 4 atom stereocenters. The summed E-state index contributed by atoms with van der Waals surface area (Å²) in [6.45, 7) is 2.34. The van der Waals surface area contributed by atoms with Crippen LogP contribution in [0.4, 0.5) is 0 Å². The average Bonchev–Trinajstić information content (AvgIpc) is 3.79. The van der Waals surface area contributed by atoms with E-state index >= 15 is 0 Å². The Labute approximate surface area is 270 Å². The molecule has 11 heteroatoms. The van der Waals surface area contributed by atoms with E-state index in [9.17, 15) is 28.8 Å². The highest BCUT2D eigenvalue weighted by molar-refractivity contribution is 6.38. The summed E-state index contributed by atoms with van der Waals surface area (Å²) in [7, 11) is 1.51. The van der Waals surface area contributed by atoms with Gasteiger partial charge >= 0.3 is 0 Å². The molecule has 2 fully saturated rings. The molecule has 5 amide bonds. The van der Waals surface area contributed by atoms with E-state index in [-0.39, 0.29) is 43.5 Å². The minimum absolute atomic E-state index is 0.0148. The van der Waals surface area contributed by atoms with Gasteiger partial charge in [0.2, 0.25) is 29.4 Å². The van der Waals surface area contributed by atoms with E-state index in [0.717, 1.165) is 24.0 Å². The van der Waals surface area contributed by atoms with Gasteiger partial charge in [0, 0.05) is 38.4 Å². The maximum Gasteiger partial charge on any atom is 0.289 e. The van der Waals surface area contributed by atoms with Gasteiger partial charge in [-0.15, -0.1) is 0 Å². The average molecular weight is 632 g/mol. The monoisotopic (exact) mass is 631 g/mol. The fourth-order valence-corrected chi connectivity index (χ4v) is 5.69. The lowest BCUT2D eigenvalue weighted by Gasteiger charge is -2.32. The molecule has 1 saturated carbocycles. The number of nitrogens with zero attached hydrogens (tertiary/aromatic N) is 1. The summed E-state index contributed by atoms with van der Waals surface area (Å²) >= 11 is 0. The van der Waals surface area contributed by atoms with E-state index in [1.54, 1.807) is 0 Å². The molecule has 0 bridgehead atoms. The standard InChI is InChI=1S/C35H45N5O6/c1-3-10-29(33(44)39-27(22-25-19-20-36-32(25)43)31(42)34(45)37-26-16-17-26)40(2)35(46)28(21-24-13-8-5-9-14-24)38-30(41)18-15-23-11-6-4-7-12-23/h4-9,11-14,25-29H,3,10,15-22H2,1-2H3,(H,36,43)(H,37,45)(H,38,41)(H,39,44)/t25-,27-,28+,29-/m0/s1. The molecule has 4 N–H and O–H groups in total. The molecule has 4 rings (SSSR count). The molecule has 246 valence electrons. The number of amides is 5. The molecule has 1 aliphatic heterocycles. The molecule has 1 saturated heterocycles. The summed E-state index contributed by atoms with van der Waals surface area (Å²) in [6.07, 6.45) is 3.82. The number of hydrogen-bond donors (Lipinski definition) is 4. The van der Waals surface area contributed by atoms with Crippen LogP contribution in [0.1, 0.15) is 63.0 Å². The molecule has 2 aromatic rings. The van der Waals surface area contributed by atoms with Gasteiger partial charge in [-0.3, -0.25) is 28.8 Å². The Morgan fingerprint density at radius 1 is 0.891 bits per heavy atom. The van der Waals surface area contributed by atoms with Crippen LogP contribution in [0.3, 0.4) is 0 Å². The van der Waals surface area contributed by atoms with Gasteiger partial charge in [-0.2, -0.15) is 0 Å². The van der Waals surface area contributed by atoms with Crippen LogP contribution in [0, 0.1) is 5.92 Å². The van der Waals surface area contributed by atoms with Crippen LogP contribution in [0.5, 0.6) is 0 Å². The van der Waals surface area contributed by atoms with Gasteiger partial charge in [0.15, 0.2) is 0 Å². The summed E-state index contributed by atoms with van der Waals surface area (Å²) < 4.78 is 0. The predicted octanol–water partition coefficient (Wildman–Crippen LogP) is 1.83. The van der Waals surface area contributed by atoms with Crippen LogP contribution in [0.2, 0.25) is 0 Å². The lowest BCUT2D eigenvalue weighted by molar-refractivity contribution is -0.144. The van der Waals surface area contributed by atoms with Crippen LogP contribution < -0.4 is 21.3 Å². The van der Waals surface area contributed by atoms with E-state index in [4.69, 9.17) is 0 Å². The second-order valence-corrected chi connectivity index (χ2v) is 12.2. The van der Waals surface area contributed by atoms with Crippen molar-refractivity contribution in [3.8, 4) is 0 Å². The second-order valence-electron chi connectivity index (χ2n) is 12.2. The highest BCUT2D eigenvalue weighted by Gasteiger charge is 2.38. The van der Waals surface area contributed by atoms with Crippen LogP contribution in [-0.4, -0.2) is 78.0 Å². The number of carbonyl (C=O) groups is 6. The molecular weight excluding hydrogens is 586 g/mol. The maximum absolute atomic E-state index is 14.0. The zero-order valence-electron chi connectivity index (χ0n) is 26.6. The van der Waals surface area contributed by atoms with Gasteiger partial charge < -0.3 is 26.2 Å². The first kappa shape index (κ1) is 34.3. The third kappa shape index (κ3) is 9.98. The number of benzene rings is 2. The molecule has 2 aliphatic rings. The molecule has 1 heterocycles. The van der Waals surface area contributed by atoms with E-state index in [1.165, 1.54) is 11.9 Å². The van der Waals surface area contributed by atoms with Gasteiger partial charge in [-0.05, 0) is 49.7 Å². The first-order valence-corrected chi connectivity index (χ1v) is 16.2. The summed E-state index contributed by atoms with van der Waals surface area (Å²) in [5, 5.41) is 11.0. The van der Waals surface area contributed by atoms with Crippen LogP contribution in [0.15, 0.2) is 60.7 Å². The van der Waals surface area contributed by atoms with Gasteiger partial charge in [0.1, 0.15) is 12.1 Å². The van der Waals surface area contributed by atoms with E-state index in [1.807, 2.05) is 67.6 Å². The number of carbonyl (C=O) groups excluding carboxylic acids is 6. The van der Waals surface area contributed by atoms with Crippen molar-refractivity contribution in [1.29, 1.82) is 0 Å². The van der Waals surface area contributed by atoms with Crippen LogP contribution >= 0.6 is 0 Å². The topological polar surface area (TPSA) is 154 Å². The summed E-state index contributed by atoms with van der Waals surface area (Å²) in [5.41, 5.74) is 1.85. The Hall–Kier alpha value is -4.54. The van der Waals surface area contributed by atoms with Crippen LogP contribution in [-0.2, 0) is 41.6 Å². The minimum Gasteiger partial charge on any atom is -0.356 e. The molecule has 1 aliphatic carbocycles. The fourth-order valence-electron chi connectivity index (χ4n) is 5.69. The summed E-state index contributed by atoms with van der Waals surface area (Å²) in [6, 6.07) is 15.7. The van der Waals surface area contributed by atoms with Crippen molar-refractivity contribution in [3.05, 3.63) is 71.8 Å². The summed E-state index contributed by atoms with van der Waals surface area (Å²) in [4.78, 5) is 80.4. The number of ketones is 1. The molecule has 46 heavy (non-hydrogen) atoms. The molecule has 0 radical (unpaired) electrons. The van der Waals surface area contributed by atoms with E-state index in [0.29, 0.717) is 25.8 Å². The Kier molecular flexibility index (Phi) is 12.4. The van der Waals surface area contributed by atoms with Crippen LogP contribution in [0.25, 0.3) is 0 Å². The molecule has 0 spiro atoms. The van der Waals surface area contributed by atoms with Crippen molar-refractivity contribution in [2.24, 2.45) is 5.92 Å². The first-order chi connectivity index (χ1) is 22.2. The number of likely N-dealkylation sites (N-methyl/N-ethyl adjacent to an activating group) is 1. The normalized spacial score (nSPS) is 17.6. The number of hydrogen-bond acceptors (Lipinski definition) is 6. The maximum atomic E-state index is 14.0. The van der Waals surface area contributed by atoms with Gasteiger partial charge in [-0.25, -0.2) is 0 Å². The lowest BCUT2D eigenvalue weighted by atomic mass is 9.94. The van der Waals surface area contributed by atoms with Crippen molar-refractivity contribution >= 4 is 35.3 Å². The molecule has 0 aromatic heterocycles. The SMILES string of the molecule is CCC[C@@H](C(=O)N[C@@H](C[C@@H]1CCNC1=O)C(=O)C(=O)NC1CC1)N(C)C(=O)[C@@H](Cc1ccccc1)NC(=O)CCc1ccccc1. The van der Waals surface area contributed by atoms with Crippen molar-refractivity contribution in [3.63, 3.8) is 0 Å². The lowest BCUT2D eigenvalue weighted by Crippen LogP contribution is -2.57. The number of rotatable bonds is 17. The fraction of sp³-hybridized carbons (Fsp3) is 0.486. The Balaban J connectivity index is 1.49. The Bertz CT molecular complexity index is 1380. The molecule has 2 aromatic carbocycles. The van der Waals surface area contributed by atoms with Crippen molar-refractivity contribution in [2.45, 2.75) is 88.9 Å². The van der Waals surface area contributed by atoms with Gasteiger partial charge in [0.05, 0.1) is 6.04 Å². The largest absolute Gasteiger partial charge is 0.356 e. The zero-order valence-corrected chi connectivity index (χ0v) is 26.6. The second kappa shape index (κ2) is 16.7. The van der Waals surface area contributed by atoms with Crippen molar-refractivity contribution in [1.82, 2.24) is 26.2 Å². The number of Topliss-reactive ketones (excluding diaryl/α,β-unsaturated/α-hetero) is 1. The molecular formula is C35H45N5O6. The van der Waals surface area contributed by atoms with Gasteiger partial charge in [-0.1, -0.05) is 74.0 Å². The Morgan fingerprint density at radius 3 is 2.13 bits per heavy atom. The highest BCUT2D eigenvalue weighted by atomic mass is 16.2. The van der Waals surface area contributed by atoms with E-state index in [2.05, 4.69) is 21.3 Å². The zero-order chi connectivity index (χ0) is 33.1. The number of aryl methyl sites for hydroxylation is 1. The third-order valence-electron chi connectivity index (χ3n) is 8.53. The van der Waals surface area contributed by atoms with E-state index < -0.39 is 47.5 Å². The quantitative estimate of drug-likeness (QED) is 0.196. The minimum atomic E-state index is -1.22. The van der Waals surface area contributed by atoms with Crippen molar-refractivity contribution in [2.75, 3.05) is 13.6 Å². The van der Waals surface area contributed by atoms with Crippen molar-refractivity contribution < 1.29 is 28.8 Å². The van der Waals surface area contributed by atoms with Gasteiger partial charge in [0.25, 0.3) is 5.91 Å². The third-order valence-corrected chi connectivity index (χ3v) is 8.53. The highest BCUT2D eigenvalue weighted by Crippen LogP contribution is 2.21. The molecule has 11 nitrogen and oxygen atoms in total. The first-order valence-electron chi connectivity index (χ1n) is 16.2. The predicted molar refractivity (Wildman–Crippen MR) is 172 cm³/mol. The smallest absolute Gasteiger partial charge is 0.289 e. The number of nitrogens with one attached hydrogen (secondary N) is 4. The molecule has 0 unspecified atom stereocenters.